The molecular weight excluding hydrogens is 391 g/mol. The zero-order valence-corrected chi connectivity index (χ0v) is 16.8. The Hall–Kier alpha value is -3.19. The fourth-order valence-electron chi connectivity index (χ4n) is 3.13. The Morgan fingerprint density at radius 3 is 2.28 bits per heavy atom. The molecule has 1 aliphatic rings. The van der Waals surface area contributed by atoms with Gasteiger partial charge in [0.15, 0.2) is 0 Å². The molecule has 0 atom stereocenters. The van der Waals surface area contributed by atoms with Crippen LogP contribution in [0.1, 0.15) is 5.56 Å². The van der Waals surface area contributed by atoms with E-state index < -0.39 is 0 Å². The highest BCUT2D eigenvalue weighted by Gasteiger charge is 2.33. The molecule has 0 unspecified atom stereocenters. The third-order valence-electron chi connectivity index (χ3n) is 4.61. The number of carbonyl (C=O) groups excluding carboxylic acids is 1. The summed E-state index contributed by atoms with van der Waals surface area (Å²) in [4.78, 5) is 15.9. The minimum Gasteiger partial charge on any atom is -0.497 e. The average Bonchev–Trinajstić information content (AvgIpc) is 2.76. The van der Waals surface area contributed by atoms with Crippen LogP contribution in [0.4, 0.5) is 20.6 Å². The molecule has 0 spiro atoms. The lowest BCUT2D eigenvalue weighted by Gasteiger charge is -2.36. The monoisotopic (exact) mass is 410 g/mol. The zero-order chi connectivity index (χ0) is 20.4. The predicted octanol–water partition coefficient (Wildman–Crippen LogP) is 5.50. The summed E-state index contributed by atoms with van der Waals surface area (Å²) in [7, 11) is 3.12. The summed E-state index contributed by atoms with van der Waals surface area (Å²) in [5, 5.41) is 0. The summed E-state index contributed by atoms with van der Waals surface area (Å²) in [5.41, 5.74) is 1.81. The van der Waals surface area contributed by atoms with Crippen molar-refractivity contribution < 1.29 is 18.7 Å². The Bertz CT molecular complexity index is 1040. The standard InChI is InChI=1S/C22H19FN2O3S/c1-27-17-11-16(12-18(13-17)28-2)25-22(26)24(14-15-7-3-4-8-19(15)23)20-9-5-6-10-21(20)29-25/h3-13H,14H2,1-2H3. The first kappa shape index (κ1) is 19.1. The van der Waals surface area contributed by atoms with Gasteiger partial charge >= 0.3 is 6.03 Å². The molecule has 7 heteroatoms. The normalized spacial score (nSPS) is 13.3. The van der Waals surface area contributed by atoms with Crippen molar-refractivity contribution in [3.8, 4) is 11.5 Å². The molecule has 4 rings (SSSR count). The summed E-state index contributed by atoms with van der Waals surface area (Å²) in [6.07, 6.45) is 0. The molecule has 3 aromatic rings. The van der Waals surface area contributed by atoms with E-state index in [4.69, 9.17) is 9.47 Å². The van der Waals surface area contributed by atoms with Crippen LogP contribution in [0.2, 0.25) is 0 Å². The molecule has 29 heavy (non-hydrogen) atoms. The number of methoxy groups -OCH3 is 2. The molecule has 0 saturated heterocycles. The molecular formula is C22H19FN2O3S. The van der Waals surface area contributed by atoms with Crippen LogP contribution in [0.25, 0.3) is 0 Å². The van der Waals surface area contributed by atoms with Crippen molar-refractivity contribution in [3.05, 3.63) is 78.1 Å². The molecule has 0 N–H and O–H groups in total. The van der Waals surface area contributed by atoms with Gasteiger partial charge in [-0.3, -0.25) is 4.90 Å². The number of rotatable bonds is 5. The number of hydrogen-bond acceptors (Lipinski definition) is 4. The molecule has 0 aromatic heterocycles. The molecule has 1 heterocycles. The van der Waals surface area contributed by atoms with Crippen LogP contribution in [0.5, 0.6) is 11.5 Å². The fourth-order valence-corrected chi connectivity index (χ4v) is 4.13. The maximum absolute atomic E-state index is 14.3. The number of ether oxygens (including phenoxy) is 2. The van der Waals surface area contributed by atoms with Crippen molar-refractivity contribution in [2.75, 3.05) is 23.4 Å². The van der Waals surface area contributed by atoms with Crippen molar-refractivity contribution in [1.82, 2.24) is 0 Å². The lowest BCUT2D eigenvalue weighted by molar-refractivity contribution is 0.254. The van der Waals surface area contributed by atoms with Crippen LogP contribution in [-0.2, 0) is 6.54 Å². The Labute approximate surface area is 172 Å². The quantitative estimate of drug-likeness (QED) is 0.521. The van der Waals surface area contributed by atoms with Crippen LogP contribution in [-0.4, -0.2) is 20.3 Å². The summed E-state index contributed by atoms with van der Waals surface area (Å²) in [6, 6.07) is 19.1. The fraction of sp³-hybridized carbons (Fsp3) is 0.136. The number of hydrogen-bond donors (Lipinski definition) is 0. The number of halogens is 1. The summed E-state index contributed by atoms with van der Waals surface area (Å²) in [5.74, 6) is 0.810. The van der Waals surface area contributed by atoms with Gasteiger partial charge in [-0.2, -0.15) is 0 Å². The van der Waals surface area contributed by atoms with Crippen molar-refractivity contribution in [1.29, 1.82) is 0 Å². The van der Waals surface area contributed by atoms with E-state index in [1.807, 2.05) is 24.3 Å². The first-order valence-corrected chi connectivity index (χ1v) is 9.73. The molecule has 0 radical (unpaired) electrons. The van der Waals surface area contributed by atoms with Gasteiger partial charge in [-0.05, 0) is 30.1 Å². The lowest BCUT2D eigenvalue weighted by Crippen LogP contribution is -2.43. The number of nitrogens with zero attached hydrogens (tertiary/aromatic N) is 2. The molecule has 0 fully saturated rings. The van der Waals surface area contributed by atoms with Gasteiger partial charge in [-0.15, -0.1) is 0 Å². The molecule has 5 nitrogen and oxygen atoms in total. The number of para-hydroxylation sites is 1. The first-order valence-electron chi connectivity index (χ1n) is 8.96. The molecule has 2 amide bonds. The van der Waals surface area contributed by atoms with E-state index in [1.54, 1.807) is 59.8 Å². The molecule has 148 valence electrons. The van der Waals surface area contributed by atoms with Crippen molar-refractivity contribution in [2.24, 2.45) is 0 Å². The van der Waals surface area contributed by atoms with Gasteiger partial charge in [0.1, 0.15) is 17.3 Å². The van der Waals surface area contributed by atoms with Crippen molar-refractivity contribution in [3.63, 3.8) is 0 Å². The van der Waals surface area contributed by atoms with E-state index in [0.717, 1.165) is 10.6 Å². The topological polar surface area (TPSA) is 42.0 Å². The SMILES string of the molecule is COc1cc(OC)cc(N2Sc3ccccc3N(Cc3ccccc3F)C2=O)c1. The van der Waals surface area contributed by atoms with E-state index in [-0.39, 0.29) is 18.4 Å². The van der Waals surface area contributed by atoms with Gasteiger partial charge in [0.05, 0.1) is 37.0 Å². The first-order chi connectivity index (χ1) is 14.1. The van der Waals surface area contributed by atoms with Crippen LogP contribution in [0.3, 0.4) is 0 Å². The number of carbonyl (C=O) groups is 1. The molecule has 1 aliphatic heterocycles. The van der Waals surface area contributed by atoms with Gasteiger partial charge < -0.3 is 9.47 Å². The second-order valence-corrected chi connectivity index (χ2v) is 7.37. The minimum atomic E-state index is -0.342. The van der Waals surface area contributed by atoms with Crippen LogP contribution < -0.4 is 18.7 Å². The Morgan fingerprint density at radius 2 is 1.59 bits per heavy atom. The summed E-state index contributed by atoms with van der Waals surface area (Å²) >= 11 is 1.31. The van der Waals surface area contributed by atoms with Crippen LogP contribution in [0.15, 0.2) is 71.6 Å². The molecule has 0 bridgehead atoms. The summed E-state index contributed by atoms with van der Waals surface area (Å²) < 4.78 is 26.5. The van der Waals surface area contributed by atoms with Gasteiger partial charge in [0.2, 0.25) is 0 Å². The maximum atomic E-state index is 14.3. The smallest absolute Gasteiger partial charge is 0.339 e. The lowest BCUT2D eigenvalue weighted by atomic mass is 10.2. The highest BCUT2D eigenvalue weighted by atomic mass is 32.2. The van der Waals surface area contributed by atoms with E-state index in [1.165, 1.54) is 18.0 Å². The molecule has 0 aliphatic carbocycles. The van der Waals surface area contributed by atoms with Crippen LogP contribution in [0, 0.1) is 5.82 Å². The largest absolute Gasteiger partial charge is 0.497 e. The predicted molar refractivity (Wildman–Crippen MR) is 112 cm³/mol. The maximum Gasteiger partial charge on any atom is 0.339 e. The number of fused-ring (bicyclic) bond motifs is 1. The van der Waals surface area contributed by atoms with Crippen LogP contribution >= 0.6 is 11.9 Å². The number of benzene rings is 3. The van der Waals surface area contributed by atoms with Crippen molar-refractivity contribution >= 4 is 29.4 Å². The second-order valence-electron chi connectivity index (χ2n) is 6.38. The number of anilines is 2. The Balaban J connectivity index is 1.77. The number of amides is 2. The van der Waals surface area contributed by atoms with Crippen molar-refractivity contribution in [2.45, 2.75) is 11.4 Å². The van der Waals surface area contributed by atoms with Gasteiger partial charge in [-0.25, -0.2) is 13.5 Å². The number of urea groups is 1. The highest BCUT2D eigenvalue weighted by molar-refractivity contribution is 8.01. The van der Waals surface area contributed by atoms with Gasteiger partial charge in [0, 0.05) is 23.8 Å². The van der Waals surface area contributed by atoms with E-state index in [0.29, 0.717) is 22.7 Å². The van der Waals surface area contributed by atoms with Gasteiger partial charge in [0.25, 0.3) is 0 Å². The Kier molecular flexibility index (Phi) is 5.31. The van der Waals surface area contributed by atoms with E-state index >= 15 is 0 Å². The third-order valence-corrected chi connectivity index (χ3v) is 5.70. The molecule has 0 saturated carbocycles. The zero-order valence-electron chi connectivity index (χ0n) is 16.0. The van der Waals surface area contributed by atoms with Gasteiger partial charge in [-0.1, -0.05) is 30.3 Å². The summed E-state index contributed by atoms with van der Waals surface area (Å²) in [6.45, 7) is 0.126. The van der Waals surface area contributed by atoms with E-state index in [2.05, 4.69) is 0 Å². The second kappa shape index (κ2) is 8.05. The minimum absolute atomic E-state index is 0.126. The molecule has 3 aromatic carbocycles. The highest BCUT2D eigenvalue weighted by Crippen LogP contribution is 2.43. The third kappa shape index (κ3) is 3.73. The average molecular weight is 410 g/mol. The van der Waals surface area contributed by atoms with E-state index in [9.17, 15) is 9.18 Å². The Morgan fingerprint density at radius 1 is 0.931 bits per heavy atom.